The number of aromatic hydroxyl groups is 1. The molecule has 96 valence electrons. The number of fused-ring (bicyclic) bond motifs is 1. The average Bonchev–Trinajstić information content (AvgIpc) is 2.70. The Morgan fingerprint density at radius 3 is 2.89 bits per heavy atom. The number of aromatic nitrogens is 2. The van der Waals surface area contributed by atoms with Crippen LogP contribution in [0.1, 0.15) is 12.8 Å². The molecule has 0 unspecified atom stereocenters. The molecule has 1 aromatic carbocycles. The molecule has 3 N–H and O–H groups in total. The van der Waals surface area contributed by atoms with Crippen LogP contribution in [0.4, 0.5) is 0 Å². The molecule has 0 bridgehead atoms. The molecule has 2 aromatic rings. The van der Waals surface area contributed by atoms with Crippen molar-refractivity contribution in [2.24, 2.45) is 5.92 Å². The van der Waals surface area contributed by atoms with E-state index in [2.05, 4.69) is 10.3 Å². The van der Waals surface area contributed by atoms with Gasteiger partial charge in [0.25, 0.3) is 0 Å². The highest BCUT2D eigenvalue weighted by Crippen LogP contribution is 2.22. The number of hydrogen-bond acceptors (Lipinski definition) is 3. The number of benzene rings is 1. The molecule has 0 saturated carbocycles. The first-order chi connectivity index (χ1) is 8.75. The van der Waals surface area contributed by atoms with Crippen molar-refractivity contribution in [1.82, 2.24) is 14.9 Å². The van der Waals surface area contributed by atoms with Crippen LogP contribution in [-0.4, -0.2) is 27.7 Å². The van der Waals surface area contributed by atoms with Crippen molar-refractivity contribution in [2.75, 3.05) is 13.1 Å². The van der Waals surface area contributed by atoms with Crippen molar-refractivity contribution in [2.45, 2.75) is 19.4 Å². The van der Waals surface area contributed by atoms with E-state index in [-0.39, 0.29) is 11.4 Å². The van der Waals surface area contributed by atoms with Crippen LogP contribution >= 0.6 is 0 Å². The smallest absolute Gasteiger partial charge is 0.326 e. The molecule has 1 aliphatic rings. The number of phenols is 1. The first-order valence-corrected chi connectivity index (χ1v) is 6.37. The zero-order valence-electron chi connectivity index (χ0n) is 10.1. The van der Waals surface area contributed by atoms with E-state index in [4.69, 9.17) is 0 Å². The van der Waals surface area contributed by atoms with Crippen LogP contribution in [0, 0.1) is 5.92 Å². The third kappa shape index (κ3) is 1.90. The quantitative estimate of drug-likeness (QED) is 0.742. The van der Waals surface area contributed by atoms with E-state index >= 15 is 0 Å². The minimum absolute atomic E-state index is 0.133. The number of nitrogens with one attached hydrogen (secondary N) is 2. The summed E-state index contributed by atoms with van der Waals surface area (Å²) in [5, 5.41) is 13.0. The van der Waals surface area contributed by atoms with E-state index in [1.165, 1.54) is 0 Å². The Kier molecular flexibility index (Phi) is 2.83. The van der Waals surface area contributed by atoms with Gasteiger partial charge in [-0.05, 0) is 44.0 Å². The second kappa shape index (κ2) is 4.49. The minimum Gasteiger partial charge on any atom is -0.506 e. The van der Waals surface area contributed by atoms with Crippen molar-refractivity contribution in [3.8, 4) is 5.75 Å². The van der Waals surface area contributed by atoms with Gasteiger partial charge in [0.15, 0.2) is 0 Å². The number of rotatable bonds is 2. The van der Waals surface area contributed by atoms with Crippen molar-refractivity contribution in [3.63, 3.8) is 0 Å². The van der Waals surface area contributed by atoms with E-state index in [0.717, 1.165) is 38.0 Å². The Balaban J connectivity index is 1.98. The summed E-state index contributed by atoms with van der Waals surface area (Å²) in [6.45, 7) is 2.77. The third-order valence-corrected chi connectivity index (χ3v) is 3.69. The number of hydrogen-bond donors (Lipinski definition) is 3. The predicted octanol–water partition coefficient (Wildman–Crippen LogP) is 1.03. The van der Waals surface area contributed by atoms with Crippen LogP contribution in [0.15, 0.2) is 23.0 Å². The topological polar surface area (TPSA) is 70.0 Å². The Labute approximate surface area is 104 Å². The maximum Gasteiger partial charge on any atom is 0.326 e. The van der Waals surface area contributed by atoms with Gasteiger partial charge in [-0.15, -0.1) is 0 Å². The molecule has 5 nitrogen and oxygen atoms in total. The van der Waals surface area contributed by atoms with E-state index in [1.54, 1.807) is 16.7 Å². The van der Waals surface area contributed by atoms with E-state index in [1.807, 2.05) is 6.07 Å². The minimum atomic E-state index is -0.134. The van der Waals surface area contributed by atoms with Crippen LogP contribution in [0.5, 0.6) is 5.75 Å². The first-order valence-electron chi connectivity index (χ1n) is 6.37. The van der Waals surface area contributed by atoms with Crippen LogP contribution < -0.4 is 11.0 Å². The van der Waals surface area contributed by atoms with Crippen LogP contribution in [-0.2, 0) is 6.54 Å². The van der Waals surface area contributed by atoms with Gasteiger partial charge in [0.05, 0.1) is 5.52 Å². The number of H-pyrrole nitrogens is 1. The fourth-order valence-electron chi connectivity index (χ4n) is 2.67. The summed E-state index contributed by atoms with van der Waals surface area (Å²) in [5.74, 6) is 0.666. The lowest BCUT2D eigenvalue weighted by Gasteiger charge is -2.22. The summed E-state index contributed by atoms with van der Waals surface area (Å²) in [5.41, 5.74) is 1.19. The molecule has 1 aliphatic heterocycles. The maximum atomic E-state index is 11.9. The van der Waals surface area contributed by atoms with Gasteiger partial charge in [-0.1, -0.05) is 6.07 Å². The highest BCUT2D eigenvalue weighted by atomic mass is 16.3. The number of piperidine rings is 1. The Morgan fingerprint density at radius 1 is 1.33 bits per heavy atom. The molecule has 1 saturated heterocycles. The average molecular weight is 247 g/mol. The summed E-state index contributed by atoms with van der Waals surface area (Å²) in [7, 11) is 0. The Bertz CT molecular complexity index is 608. The van der Waals surface area contributed by atoms with Gasteiger partial charge in [-0.3, -0.25) is 4.57 Å². The van der Waals surface area contributed by atoms with Gasteiger partial charge in [0, 0.05) is 6.54 Å². The largest absolute Gasteiger partial charge is 0.506 e. The lowest BCUT2D eigenvalue weighted by atomic mass is 9.98. The van der Waals surface area contributed by atoms with Gasteiger partial charge in [-0.25, -0.2) is 4.79 Å². The number of imidazole rings is 1. The molecule has 0 atom stereocenters. The highest BCUT2D eigenvalue weighted by molar-refractivity contribution is 5.81. The maximum absolute atomic E-state index is 11.9. The highest BCUT2D eigenvalue weighted by Gasteiger charge is 2.17. The van der Waals surface area contributed by atoms with Gasteiger partial charge in [-0.2, -0.15) is 0 Å². The molecule has 1 fully saturated rings. The third-order valence-electron chi connectivity index (χ3n) is 3.69. The van der Waals surface area contributed by atoms with E-state index < -0.39 is 0 Å². The first kappa shape index (κ1) is 11.3. The molecular weight excluding hydrogens is 230 g/mol. The van der Waals surface area contributed by atoms with Crippen LogP contribution in [0.25, 0.3) is 11.0 Å². The molecule has 5 heteroatoms. The molecule has 3 rings (SSSR count). The lowest BCUT2D eigenvalue weighted by Crippen LogP contribution is -2.31. The second-order valence-electron chi connectivity index (χ2n) is 4.91. The molecule has 0 spiro atoms. The number of para-hydroxylation sites is 1. The standard InChI is InChI=1S/C13H17N3O2/c17-11-3-1-2-10-12(11)15-13(18)16(10)8-9-4-6-14-7-5-9/h1-3,9,14,17H,4-8H2,(H,15,18). The number of phenolic OH excluding ortho intramolecular Hbond substituents is 1. The van der Waals surface area contributed by atoms with Crippen molar-refractivity contribution < 1.29 is 5.11 Å². The summed E-state index contributed by atoms with van der Waals surface area (Å²) in [6.07, 6.45) is 2.19. The zero-order chi connectivity index (χ0) is 12.5. The van der Waals surface area contributed by atoms with Crippen molar-refractivity contribution in [1.29, 1.82) is 0 Å². The molecule has 1 aromatic heterocycles. The fraction of sp³-hybridized carbons (Fsp3) is 0.462. The molecule has 0 amide bonds. The Hall–Kier alpha value is -1.75. The van der Waals surface area contributed by atoms with Crippen molar-refractivity contribution in [3.05, 3.63) is 28.7 Å². The summed E-state index contributed by atoms with van der Waals surface area (Å²) < 4.78 is 1.74. The van der Waals surface area contributed by atoms with Gasteiger partial charge >= 0.3 is 5.69 Å². The Morgan fingerprint density at radius 2 is 2.11 bits per heavy atom. The van der Waals surface area contributed by atoms with Gasteiger partial charge in [0.1, 0.15) is 11.3 Å². The molecule has 18 heavy (non-hydrogen) atoms. The van der Waals surface area contributed by atoms with E-state index in [0.29, 0.717) is 11.4 Å². The van der Waals surface area contributed by atoms with Crippen LogP contribution in [0.3, 0.4) is 0 Å². The number of nitrogens with zero attached hydrogens (tertiary/aromatic N) is 1. The van der Waals surface area contributed by atoms with Crippen molar-refractivity contribution >= 4 is 11.0 Å². The van der Waals surface area contributed by atoms with Crippen LogP contribution in [0.2, 0.25) is 0 Å². The van der Waals surface area contributed by atoms with Gasteiger partial charge < -0.3 is 15.4 Å². The molecule has 2 heterocycles. The fourth-order valence-corrected chi connectivity index (χ4v) is 2.67. The second-order valence-corrected chi connectivity index (χ2v) is 4.91. The lowest BCUT2D eigenvalue weighted by molar-refractivity contribution is 0.333. The van der Waals surface area contributed by atoms with Gasteiger partial charge in [0.2, 0.25) is 0 Å². The SMILES string of the molecule is O=c1[nH]c2c(O)cccc2n1CC1CCNCC1. The number of aromatic amines is 1. The normalized spacial score (nSPS) is 17.3. The molecule has 0 aliphatic carbocycles. The summed E-state index contributed by atoms with van der Waals surface area (Å²) in [6, 6.07) is 5.23. The van der Waals surface area contributed by atoms with E-state index in [9.17, 15) is 9.90 Å². The summed E-state index contributed by atoms with van der Waals surface area (Å²) >= 11 is 0. The summed E-state index contributed by atoms with van der Waals surface area (Å²) in [4.78, 5) is 14.7. The predicted molar refractivity (Wildman–Crippen MR) is 69.8 cm³/mol. The molecule has 0 radical (unpaired) electrons. The zero-order valence-corrected chi connectivity index (χ0v) is 10.1. The molecular formula is C13H17N3O2. The monoisotopic (exact) mass is 247 g/mol.